The molecule has 26 heavy (non-hydrogen) atoms. The fourth-order valence-electron chi connectivity index (χ4n) is 3.52. The number of halogens is 1. The average molecular weight is 370 g/mol. The molecular formula is C19H20ClN5O. The van der Waals surface area contributed by atoms with Crippen LogP contribution in [0.5, 0.6) is 0 Å². The van der Waals surface area contributed by atoms with Crippen molar-refractivity contribution in [2.45, 2.75) is 12.8 Å². The van der Waals surface area contributed by atoms with E-state index in [9.17, 15) is 4.79 Å². The quantitative estimate of drug-likeness (QED) is 0.767. The minimum Gasteiger partial charge on any atom is -0.354 e. The van der Waals surface area contributed by atoms with Crippen LogP contribution in [0.1, 0.15) is 12.8 Å². The van der Waals surface area contributed by atoms with Crippen LogP contribution in [0.3, 0.4) is 0 Å². The molecule has 0 radical (unpaired) electrons. The summed E-state index contributed by atoms with van der Waals surface area (Å²) in [6.45, 7) is 1.50. The van der Waals surface area contributed by atoms with E-state index < -0.39 is 0 Å². The molecule has 1 atom stereocenters. The first-order chi connectivity index (χ1) is 12.6. The lowest BCUT2D eigenvalue weighted by molar-refractivity contribution is -0.120. The molecule has 3 heterocycles. The van der Waals surface area contributed by atoms with Gasteiger partial charge < -0.3 is 14.8 Å². The molecule has 1 saturated heterocycles. The van der Waals surface area contributed by atoms with Crippen LogP contribution < -0.4 is 10.2 Å². The number of nitrogens with zero attached hydrogens (tertiary/aromatic N) is 4. The van der Waals surface area contributed by atoms with Gasteiger partial charge in [0.05, 0.1) is 11.6 Å². The first kappa shape index (κ1) is 16.8. The van der Waals surface area contributed by atoms with Gasteiger partial charge in [-0.25, -0.2) is 0 Å². The second-order valence-corrected chi connectivity index (χ2v) is 7.04. The van der Waals surface area contributed by atoms with Gasteiger partial charge in [0.15, 0.2) is 11.0 Å². The van der Waals surface area contributed by atoms with Gasteiger partial charge in [0.1, 0.15) is 0 Å². The molecule has 0 saturated carbocycles. The molecule has 6 nitrogen and oxygen atoms in total. The van der Waals surface area contributed by atoms with Crippen LogP contribution in [0.15, 0.2) is 42.6 Å². The second kappa shape index (κ2) is 6.96. The fraction of sp³-hybridized carbons (Fsp3) is 0.316. The number of carbonyl (C=O) groups excluding carboxylic acids is 1. The zero-order valence-corrected chi connectivity index (χ0v) is 15.3. The molecule has 0 spiro atoms. The number of amides is 1. The molecule has 4 rings (SSSR count). The zero-order valence-electron chi connectivity index (χ0n) is 14.5. The van der Waals surface area contributed by atoms with Gasteiger partial charge in [-0.1, -0.05) is 17.7 Å². The Bertz CT molecular complexity index is 937. The van der Waals surface area contributed by atoms with E-state index in [-0.39, 0.29) is 11.8 Å². The maximum atomic E-state index is 12.8. The number of piperidine rings is 1. The highest BCUT2D eigenvalue weighted by molar-refractivity contribution is 6.29. The summed E-state index contributed by atoms with van der Waals surface area (Å²) >= 11 is 5.81. The largest absolute Gasteiger partial charge is 0.354 e. The summed E-state index contributed by atoms with van der Waals surface area (Å²) in [5.74, 6) is 0.727. The minimum absolute atomic E-state index is 0.0491. The van der Waals surface area contributed by atoms with Crippen molar-refractivity contribution in [1.82, 2.24) is 14.8 Å². The highest BCUT2D eigenvalue weighted by Crippen LogP contribution is 2.27. The molecule has 0 aliphatic carbocycles. The Morgan fingerprint density at radius 3 is 2.92 bits per heavy atom. The SMILES string of the molecule is Cn1ccc2c(NC(=O)[C@@H]3CCCN(c4ccc(Cl)nn4)C3)cccc21. The third-order valence-corrected chi connectivity index (χ3v) is 5.12. The van der Waals surface area contributed by atoms with E-state index in [2.05, 4.69) is 20.4 Å². The van der Waals surface area contributed by atoms with Gasteiger partial charge in [-0.05, 0) is 43.2 Å². The predicted molar refractivity (Wildman–Crippen MR) is 104 cm³/mol. The number of nitrogens with one attached hydrogen (secondary N) is 1. The van der Waals surface area contributed by atoms with Crippen LogP contribution in [-0.2, 0) is 11.8 Å². The molecule has 1 N–H and O–H groups in total. The molecule has 1 fully saturated rings. The molecule has 1 aromatic carbocycles. The number of carbonyl (C=O) groups is 1. The van der Waals surface area contributed by atoms with Gasteiger partial charge in [0.25, 0.3) is 0 Å². The highest BCUT2D eigenvalue weighted by Gasteiger charge is 2.27. The molecular weight excluding hydrogens is 350 g/mol. The van der Waals surface area contributed by atoms with E-state index in [1.165, 1.54) is 0 Å². The standard InChI is InChI=1S/C19H20ClN5O/c1-24-11-9-14-15(5-2-6-16(14)24)21-19(26)13-4-3-10-25(12-13)18-8-7-17(20)22-23-18/h2,5-9,11,13H,3-4,10,12H2,1H3,(H,21,26)/t13-/m1/s1. The van der Waals surface area contributed by atoms with Crippen LogP contribution >= 0.6 is 11.6 Å². The first-order valence-electron chi connectivity index (χ1n) is 8.71. The molecule has 134 valence electrons. The van der Waals surface area contributed by atoms with E-state index in [1.54, 1.807) is 6.07 Å². The molecule has 1 aliphatic rings. The summed E-state index contributed by atoms with van der Waals surface area (Å²) in [6.07, 6.45) is 3.81. The number of hydrogen-bond donors (Lipinski definition) is 1. The molecule has 2 aromatic heterocycles. The van der Waals surface area contributed by atoms with Gasteiger partial charge in [0, 0.05) is 37.2 Å². The van der Waals surface area contributed by atoms with Gasteiger partial charge in [-0.15, -0.1) is 10.2 Å². The normalized spacial score (nSPS) is 17.5. The number of aryl methyl sites for hydroxylation is 1. The molecule has 0 unspecified atom stereocenters. The number of benzene rings is 1. The maximum absolute atomic E-state index is 12.8. The predicted octanol–water partition coefficient (Wildman–Crippen LogP) is 3.48. The molecule has 1 amide bonds. The summed E-state index contributed by atoms with van der Waals surface area (Å²) in [4.78, 5) is 14.9. The van der Waals surface area contributed by atoms with Gasteiger partial charge in [-0.2, -0.15) is 0 Å². The highest BCUT2D eigenvalue weighted by atomic mass is 35.5. The monoisotopic (exact) mass is 369 g/mol. The van der Waals surface area contributed by atoms with Crippen molar-refractivity contribution in [2.75, 3.05) is 23.3 Å². The number of aromatic nitrogens is 3. The Hall–Kier alpha value is -2.60. The maximum Gasteiger partial charge on any atom is 0.229 e. The van der Waals surface area contributed by atoms with E-state index in [0.29, 0.717) is 11.7 Å². The average Bonchev–Trinajstić information content (AvgIpc) is 3.05. The Morgan fingerprint density at radius 1 is 1.23 bits per heavy atom. The second-order valence-electron chi connectivity index (χ2n) is 6.65. The topological polar surface area (TPSA) is 63.1 Å². The molecule has 3 aromatic rings. The van der Waals surface area contributed by atoms with Crippen molar-refractivity contribution in [3.63, 3.8) is 0 Å². The fourth-order valence-corrected chi connectivity index (χ4v) is 3.62. The number of anilines is 2. The van der Waals surface area contributed by atoms with Crippen LogP contribution in [-0.4, -0.2) is 33.8 Å². The number of rotatable bonds is 3. The molecule has 0 bridgehead atoms. The number of hydrogen-bond acceptors (Lipinski definition) is 4. The van der Waals surface area contributed by atoms with Crippen molar-refractivity contribution in [1.29, 1.82) is 0 Å². The lowest BCUT2D eigenvalue weighted by atomic mass is 9.97. The Labute approximate surface area is 156 Å². The Morgan fingerprint density at radius 2 is 2.12 bits per heavy atom. The minimum atomic E-state index is -0.0832. The van der Waals surface area contributed by atoms with E-state index in [4.69, 9.17) is 11.6 Å². The van der Waals surface area contributed by atoms with Crippen LogP contribution in [0.2, 0.25) is 5.15 Å². The van der Waals surface area contributed by atoms with E-state index >= 15 is 0 Å². The summed E-state index contributed by atoms with van der Waals surface area (Å²) in [6, 6.07) is 11.6. The summed E-state index contributed by atoms with van der Waals surface area (Å²) in [5, 5.41) is 12.6. The molecule has 7 heteroatoms. The van der Waals surface area contributed by atoms with Crippen molar-refractivity contribution >= 4 is 39.9 Å². The van der Waals surface area contributed by atoms with Crippen LogP contribution in [0.4, 0.5) is 11.5 Å². The zero-order chi connectivity index (χ0) is 18.1. The lowest BCUT2D eigenvalue weighted by Gasteiger charge is -2.32. The van der Waals surface area contributed by atoms with E-state index in [1.807, 2.05) is 48.1 Å². The summed E-state index contributed by atoms with van der Waals surface area (Å²) < 4.78 is 2.05. The summed E-state index contributed by atoms with van der Waals surface area (Å²) in [7, 11) is 2.00. The third kappa shape index (κ3) is 3.24. The first-order valence-corrected chi connectivity index (χ1v) is 9.09. The lowest BCUT2D eigenvalue weighted by Crippen LogP contribution is -2.41. The van der Waals surface area contributed by atoms with Gasteiger partial charge in [0.2, 0.25) is 5.91 Å². The van der Waals surface area contributed by atoms with Gasteiger partial charge in [-0.3, -0.25) is 4.79 Å². The van der Waals surface area contributed by atoms with Crippen molar-refractivity contribution in [3.8, 4) is 0 Å². The smallest absolute Gasteiger partial charge is 0.229 e. The van der Waals surface area contributed by atoms with Crippen molar-refractivity contribution in [2.24, 2.45) is 13.0 Å². The van der Waals surface area contributed by atoms with Crippen LogP contribution in [0.25, 0.3) is 10.9 Å². The Kier molecular flexibility index (Phi) is 4.51. The molecule has 1 aliphatic heterocycles. The number of fused-ring (bicyclic) bond motifs is 1. The van der Waals surface area contributed by atoms with E-state index in [0.717, 1.165) is 41.8 Å². The van der Waals surface area contributed by atoms with Gasteiger partial charge >= 0.3 is 0 Å². The van der Waals surface area contributed by atoms with Crippen molar-refractivity contribution in [3.05, 3.63) is 47.7 Å². The van der Waals surface area contributed by atoms with Crippen molar-refractivity contribution < 1.29 is 4.79 Å². The third-order valence-electron chi connectivity index (χ3n) is 4.92. The Balaban J connectivity index is 1.49. The van der Waals surface area contributed by atoms with Crippen LogP contribution in [0, 0.1) is 5.92 Å². The summed E-state index contributed by atoms with van der Waals surface area (Å²) in [5.41, 5.74) is 1.96.